The van der Waals surface area contributed by atoms with Crippen molar-refractivity contribution < 1.29 is 9.47 Å². The van der Waals surface area contributed by atoms with Gasteiger partial charge in [-0.05, 0) is 83.9 Å². The third-order valence-electron chi connectivity index (χ3n) is 9.43. The second kappa shape index (κ2) is 9.74. The molecule has 2 aliphatic rings. The van der Waals surface area contributed by atoms with Crippen molar-refractivity contribution in [1.82, 2.24) is 0 Å². The molecule has 7 aromatic carbocycles. The van der Waals surface area contributed by atoms with Gasteiger partial charge in [-0.1, -0.05) is 84.4 Å². The van der Waals surface area contributed by atoms with Crippen LogP contribution in [0, 0.1) is 6.92 Å². The second-order valence-corrected chi connectivity index (χ2v) is 13.2. The van der Waals surface area contributed by atoms with Crippen LogP contribution in [0.4, 0.5) is 17.1 Å². The first kappa shape index (κ1) is 25.8. The maximum atomic E-state index is 6.68. The van der Waals surface area contributed by atoms with E-state index in [1.54, 1.807) is 0 Å². The van der Waals surface area contributed by atoms with Gasteiger partial charge in [-0.2, -0.15) is 0 Å². The zero-order chi connectivity index (χ0) is 30.4. The van der Waals surface area contributed by atoms with Crippen molar-refractivity contribution in [2.75, 3.05) is 4.90 Å². The predicted octanol–water partition coefficient (Wildman–Crippen LogP) is 9.71. The van der Waals surface area contributed by atoms with E-state index < -0.39 is 0 Å². The van der Waals surface area contributed by atoms with E-state index in [9.17, 15) is 0 Å². The van der Waals surface area contributed by atoms with Crippen LogP contribution < -0.4 is 30.8 Å². The highest BCUT2D eigenvalue weighted by Crippen LogP contribution is 2.47. The number of aryl methyl sites for hydroxylation is 1. The van der Waals surface area contributed by atoms with Crippen molar-refractivity contribution in [2.24, 2.45) is 0 Å². The quantitative estimate of drug-likeness (QED) is 0.187. The number of fused-ring (bicyclic) bond motifs is 9. The minimum Gasteiger partial charge on any atom is -0.458 e. The van der Waals surface area contributed by atoms with Gasteiger partial charge in [0, 0.05) is 42.4 Å². The largest absolute Gasteiger partial charge is 0.458 e. The van der Waals surface area contributed by atoms with E-state index in [0.29, 0.717) is 0 Å². The van der Waals surface area contributed by atoms with Gasteiger partial charge in [0.1, 0.15) is 23.0 Å². The number of rotatable bonds is 3. The van der Waals surface area contributed by atoms with Crippen molar-refractivity contribution >= 4 is 82.4 Å². The lowest BCUT2D eigenvalue weighted by Crippen LogP contribution is -2.57. The summed E-state index contributed by atoms with van der Waals surface area (Å²) in [5, 5.41) is 4.95. The van der Waals surface area contributed by atoms with Crippen molar-refractivity contribution in [2.45, 2.75) is 6.92 Å². The van der Waals surface area contributed by atoms with Gasteiger partial charge in [0.15, 0.2) is 0 Å². The lowest BCUT2D eigenvalue weighted by atomic mass is 9.35. The molecule has 10 rings (SSSR count). The van der Waals surface area contributed by atoms with Gasteiger partial charge in [-0.3, -0.25) is 0 Å². The zero-order valence-electron chi connectivity index (χ0n) is 25.0. The molecule has 5 heteroatoms. The molecular weight excluding hydrogens is 581 g/mol. The minimum absolute atomic E-state index is 0.0527. The van der Waals surface area contributed by atoms with E-state index in [0.717, 1.165) is 39.8 Å². The Hall–Kier alpha value is -5.52. The van der Waals surface area contributed by atoms with Gasteiger partial charge in [-0.25, -0.2) is 0 Å². The second-order valence-electron chi connectivity index (χ2n) is 12.2. The average Bonchev–Trinajstić information content (AvgIpc) is 3.46. The zero-order valence-corrected chi connectivity index (χ0v) is 25.8. The highest BCUT2D eigenvalue weighted by molar-refractivity contribution is 7.26. The molecule has 3 heterocycles. The smallest absolute Gasteiger partial charge is 0.260 e. The lowest BCUT2D eigenvalue weighted by molar-refractivity contribution is 0.465. The molecule has 0 bridgehead atoms. The molecule has 0 amide bonds. The molecule has 0 spiro atoms. The molecule has 0 unspecified atom stereocenters. The number of nitrogens with zero attached hydrogens (tertiary/aromatic N) is 1. The maximum Gasteiger partial charge on any atom is 0.260 e. The molecule has 0 fully saturated rings. The van der Waals surface area contributed by atoms with Gasteiger partial charge < -0.3 is 14.4 Å². The topological polar surface area (TPSA) is 21.7 Å². The Bertz CT molecular complexity index is 2500. The Morgan fingerprint density at radius 2 is 1.20 bits per heavy atom. The summed E-state index contributed by atoms with van der Waals surface area (Å²) >= 11 is 1.86. The van der Waals surface area contributed by atoms with Crippen molar-refractivity contribution in [1.29, 1.82) is 0 Å². The Morgan fingerprint density at radius 1 is 0.522 bits per heavy atom. The highest BCUT2D eigenvalue weighted by Gasteiger charge is 2.40. The molecule has 216 valence electrons. The molecular formula is C41H26BNO2S. The molecule has 0 saturated carbocycles. The van der Waals surface area contributed by atoms with E-state index in [4.69, 9.17) is 9.47 Å². The van der Waals surface area contributed by atoms with Gasteiger partial charge in [0.2, 0.25) is 0 Å². The monoisotopic (exact) mass is 607 g/mol. The summed E-state index contributed by atoms with van der Waals surface area (Å²) in [6, 6.07) is 49.9. The lowest BCUT2D eigenvalue weighted by Gasteiger charge is -2.32. The van der Waals surface area contributed by atoms with Crippen LogP contribution in [-0.4, -0.2) is 6.71 Å². The molecule has 8 aromatic rings. The van der Waals surface area contributed by atoms with E-state index in [-0.39, 0.29) is 6.71 Å². The van der Waals surface area contributed by atoms with Crippen LogP contribution in [0.2, 0.25) is 0 Å². The SMILES string of the molecule is Cc1ccc(N(c2ccccc2)c2cc3sc4cc5c(cc4c3c3ccccc23)Oc2cccc3c2B5c2ccccc2O3)cc1. The number of thiophene rings is 1. The number of anilines is 3. The Kier molecular flexibility index (Phi) is 5.46. The van der Waals surface area contributed by atoms with Gasteiger partial charge in [-0.15, -0.1) is 11.3 Å². The summed E-state index contributed by atoms with van der Waals surface area (Å²) in [5.74, 6) is 3.56. The van der Waals surface area contributed by atoms with Crippen molar-refractivity contribution in [3.05, 3.63) is 145 Å². The standard InChI is InChI=1S/C41H26BNO2S/c1-25-18-20-27(21-19-25)43(26-10-3-2-4-11-26)33-24-39-40(29-13-6-5-12-28(29)33)30-22-37-32(23-38(30)46-39)42-31-14-7-8-15-34(31)44-35-16-9-17-36(45-37)41(35)42/h2-24H,1H3. The average molecular weight is 608 g/mol. The number of benzene rings is 7. The third kappa shape index (κ3) is 3.73. The van der Waals surface area contributed by atoms with Crippen LogP contribution >= 0.6 is 11.3 Å². The van der Waals surface area contributed by atoms with Gasteiger partial charge in [0.25, 0.3) is 6.71 Å². The van der Waals surface area contributed by atoms with Crippen molar-refractivity contribution in [3.8, 4) is 23.0 Å². The van der Waals surface area contributed by atoms with Crippen LogP contribution in [0.15, 0.2) is 140 Å². The molecule has 46 heavy (non-hydrogen) atoms. The summed E-state index contributed by atoms with van der Waals surface area (Å²) in [6.45, 7) is 2.19. The molecule has 0 radical (unpaired) electrons. The first-order valence-electron chi connectivity index (χ1n) is 15.6. The summed E-state index contributed by atoms with van der Waals surface area (Å²) in [6.07, 6.45) is 0. The molecule has 0 aliphatic carbocycles. The molecule has 3 nitrogen and oxygen atoms in total. The van der Waals surface area contributed by atoms with E-state index in [1.807, 2.05) is 29.5 Å². The predicted molar refractivity (Wildman–Crippen MR) is 194 cm³/mol. The Morgan fingerprint density at radius 3 is 2.02 bits per heavy atom. The minimum atomic E-state index is 0.0527. The van der Waals surface area contributed by atoms with Gasteiger partial charge in [0.05, 0.1) is 5.69 Å². The summed E-state index contributed by atoms with van der Waals surface area (Å²) in [7, 11) is 0. The summed E-state index contributed by atoms with van der Waals surface area (Å²) < 4.78 is 15.5. The fourth-order valence-corrected chi connectivity index (χ4v) is 8.56. The highest BCUT2D eigenvalue weighted by atomic mass is 32.1. The normalized spacial score (nSPS) is 12.8. The van der Waals surface area contributed by atoms with Crippen LogP contribution in [0.25, 0.3) is 30.9 Å². The number of para-hydroxylation sites is 2. The fraction of sp³-hybridized carbons (Fsp3) is 0.0244. The van der Waals surface area contributed by atoms with E-state index >= 15 is 0 Å². The van der Waals surface area contributed by atoms with Gasteiger partial charge >= 0.3 is 0 Å². The Balaban J connectivity index is 1.24. The molecule has 1 aromatic heterocycles. The first-order valence-corrected chi connectivity index (χ1v) is 16.4. The van der Waals surface area contributed by atoms with Crippen LogP contribution in [0.5, 0.6) is 23.0 Å². The number of ether oxygens (including phenoxy) is 2. The number of hydrogen-bond acceptors (Lipinski definition) is 4. The summed E-state index contributed by atoms with van der Waals surface area (Å²) in [5.41, 5.74) is 8.15. The molecule has 0 saturated heterocycles. The first-order chi connectivity index (χ1) is 22.7. The third-order valence-corrected chi connectivity index (χ3v) is 10.5. The van der Waals surface area contributed by atoms with E-state index in [1.165, 1.54) is 53.1 Å². The van der Waals surface area contributed by atoms with Crippen LogP contribution in [0.3, 0.4) is 0 Å². The molecule has 0 N–H and O–H groups in total. The van der Waals surface area contributed by atoms with Crippen LogP contribution in [-0.2, 0) is 0 Å². The maximum absolute atomic E-state index is 6.68. The molecule has 2 aliphatic heterocycles. The van der Waals surface area contributed by atoms with Crippen LogP contribution in [0.1, 0.15) is 5.56 Å². The Labute approximate surface area is 271 Å². The van der Waals surface area contributed by atoms with Crippen molar-refractivity contribution in [3.63, 3.8) is 0 Å². The number of hydrogen-bond donors (Lipinski definition) is 0. The van der Waals surface area contributed by atoms with E-state index in [2.05, 4.69) is 133 Å². The molecule has 0 atom stereocenters. The fourth-order valence-electron chi connectivity index (χ4n) is 7.37. The summed E-state index contributed by atoms with van der Waals surface area (Å²) in [4.78, 5) is 2.39.